The lowest BCUT2D eigenvalue weighted by molar-refractivity contribution is -0.137. The van der Waals surface area contributed by atoms with Gasteiger partial charge >= 0.3 is 12.3 Å². The Bertz CT molecular complexity index is 664. The van der Waals surface area contributed by atoms with E-state index in [1.54, 1.807) is 6.07 Å². The van der Waals surface area contributed by atoms with Gasteiger partial charge in [0.05, 0.1) is 5.56 Å². The molecule has 1 aromatic carbocycles. The highest BCUT2D eigenvalue weighted by atomic mass is 19.4. The van der Waals surface area contributed by atoms with E-state index in [0.29, 0.717) is 31.4 Å². The highest BCUT2D eigenvalue weighted by molar-refractivity contribution is 5.77. The Kier molecular flexibility index (Phi) is 7.10. The van der Waals surface area contributed by atoms with Crippen molar-refractivity contribution in [1.82, 2.24) is 10.2 Å². The number of benzene rings is 1. The molecular weight excluding hydrogens is 361 g/mol. The lowest BCUT2D eigenvalue weighted by Crippen LogP contribution is -2.47. The Labute approximate surface area is 156 Å². The van der Waals surface area contributed by atoms with Crippen LogP contribution in [0.5, 0.6) is 0 Å². The number of hydrogen-bond donors (Lipinski definition) is 2. The van der Waals surface area contributed by atoms with Gasteiger partial charge in [0.1, 0.15) is 0 Å². The SMILES string of the molecule is CNC(=O)CC1CC(CCCc2cccc(C(F)(F)F)c2)CCN1C(=O)O. The Morgan fingerprint density at radius 2 is 2.07 bits per heavy atom. The minimum Gasteiger partial charge on any atom is -0.465 e. The van der Waals surface area contributed by atoms with Crippen LogP contribution in [0.2, 0.25) is 0 Å². The first-order valence-corrected chi connectivity index (χ1v) is 9.07. The van der Waals surface area contributed by atoms with E-state index in [2.05, 4.69) is 5.32 Å². The van der Waals surface area contributed by atoms with E-state index < -0.39 is 17.8 Å². The molecule has 2 amide bonds. The van der Waals surface area contributed by atoms with Crippen LogP contribution in [-0.4, -0.2) is 41.6 Å². The summed E-state index contributed by atoms with van der Waals surface area (Å²) in [5.74, 6) is 0.0666. The van der Waals surface area contributed by atoms with E-state index in [-0.39, 0.29) is 24.3 Å². The topological polar surface area (TPSA) is 69.6 Å². The van der Waals surface area contributed by atoms with Crippen molar-refractivity contribution in [2.75, 3.05) is 13.6 Å². The van der Waals surface area contributed by atoms with Crippen molar-refractivity contribution < 1.29 is 27.9 Å². The first-order chi connectivity index (χ1) is 12.7. The largest absolute Gasteiger partial charge is 0.465 e. The summed E-state index contributed by atoms with van der Waals surface area (Å²) < 4.78 is 38.3. The molecule has 1 fully saturated rings. The second-order valence-electron chi connectivity index (χ2n) is 6.99. The van der Waals surface area contributed by atoms with E-state index in [9.17, 15) is 27.9 Å². The molecule has 2 N–H and O–H groups in total. The predicted molar refractivity (Wildman–Crippen MR) is 94.3 cm³/mol. The highest BCUT2D eigenvalue weighted by Crippen LogP contribution is 2.31. The summed E-state index contributed by atoms with van der Waals surface area (Å²) in [6.07, 6.45) is -1.85. The predicted octanol–water partition coefficient (Wildman–Crippen LogP) is 3.92. The molecule has 1 aliphatic heterocycles. The van der Waals surface area contributed by atoms with Crippen molar-refractivity contribution in [2.45, 2.75) is 50.7 Å². The maximum atomic E-state index is 12.8. The maximum absolute atomic E-state index is 12.8. The van der Waals surface area contributed by atoms with Crippen molar-refractivity contribution in [3.63, 3.8) is 0 Å². The third-order valence-electron chi connectivity index (χ3n) is 5.10. The molecule has 2 atom stereocenters. The smallest absolute Gasteiger partial charge is 0.416 e. The number of carboxylic acid groups (broad SMARTS) is 1. The van der Waals surface area contributed by atoms with Crippen LogP contribution in [-0.2, 0) is 17.4 Å². The Hall–Kier alpha value is -2.25. The monoisotopic (exact) mass is 386 g/mol. The normalized spacial score (nSPS) is 20.4. The van der Waals surface area contributed by atoms with Gasteiger partial charge in [-0.2, -0.15) is 13.2 Å². The number of carbonyl (C=O) groups excluding carboxylic acids is 1. The molecule has 1 aliphatic rings. The van der Waals surface area contributed by atoms with Gasteiger partial charge in [-0.15, -0.1) is 0 Å². The molecule has 0 bridgehead atoms. The summed E-state index contributed by atoms with van der Waals surface area (Å²) in [5.41, 5.74) is 0.00937. The standard InChI is InChI=1S/C19H25F3N2O3/c1-23-17(25)12-16-11-14(8-9-24(16)18(26)27)5-2-4-13-6-3-7-15(10-13)19(20,21)22/h3,6-7,10,14,16H,2,4-5,8-9,11-12H2,1H3,(H,23,25)(H,26,27). The fourth-order valence-corrected chi connectivity index (χ4v) is 3.66. The van der Waals surface area contributed by atoms with E-state index in [1.807, 2.05) is 0 Å². The number of piperidine rings is 1. The Balaban J connectivity index is 1.89. The molecule has 8 heteroatoms. The number of hydrogen-bond acceptors (Lipinski definition) is 2. The maximum Gasteiger partial charge on any atom is 0.416 e. The van der Waals surface area contributed by atoms with Crippen molar-refractivity contribution in [1.29, 1.82) is 0 Å². The molecule has 2 unspecified atom stereocenters. The average Bonchev–Trinajstić information content (AvgIpc) is 2.61. The van der Waals surface area contributed by atoms with Gasteiger partial charge in [0.25, 0.3) is 0 Å². The van der Waals surface area contributed by atoms with Gasteiger partial charge < -0.3 is 15.3 Å². The van der Waals surface area contributed by atoms with Crippen LogP contribution >= 0.6 is 0 Å². The van der Waals surface area contributed by atoms with E-state index >= 15 is 0 Å². The molecule has 0 aliphatic carbocycles. The van der Waals surface area contributed by atoms with Crippen LogP contribution < -0.4 is 5.32 Å². The van der Waals surface area contributed by atoms with Crippen LogP contribution in [0, 0.1) is 5.92 Å². The Morgan fingerprint density at radius 1 is 1.33 bits per heavy atom. The Morgan fingerprint density at radius 3 is 2.70 bits per heavy atom. The lowest BCUT2D eigenvalue weighted by Gasteiger charge is -2.37. The number of aryl methyl sites for hydroxylation is 1. The zero-order valence-electron chi connectivity index (χ0n) is 15.3. The van der Waals surface area contributed by atoms with Crippen LogP contribution in [0.15, 0.2) is 24.3 Å². The number of nitrogens with one attached hydrogen (secondary N) is 1. The van der Waals surface area contributed by atoms with Crippen LogP contribution in [0.3, 0.4) is 0 Å². The fraction of sp³-hybridized carbons (Fsp3) is 0.579. The van der Waals surface area contributed by atoms with E-state index in [1.165, 1.54) is 24.1 Å². The van der Waals surface area contributed by atoms with Crippen molar-refractivity contribution in [3.05, 3.63) is 35.4 Å². The number of amides is 2. The van der Waals surface area contributed by atoms with Crippen molar-refractivity contribution in [3.8, 4) is 0 Å². The second-order valence-corrected chi connectivity index (χ2v) is 6.99. The van der Waals surface area contributed by atoms with E-state index in [0.717, 1.165) is 18.9 Å². The van der Waals surface area contributed by atoms with Crippen molar-refractivity contribution >= 4 is 12.0 Å². The van der Waals surface area contributed by atoms with Gasteiger partial charge in [0.15, 0.2) is 0 Å². The molecule has 1 heterocycles. The van der Waals surface area contributed by atoms with Gasteiger partial charge in [-0.1, -0.05) is 18.2 Å². The summed E-state index contributed by atoms with van der Waals surface area (Å²) in [7, 11) is 1.52. The average molecular weight is 386 g/mol. The molecule has 0 saturated carbocycles. The molecule has 1 aromatic rings. The summed E-state index contributed by atoms with van der Waals surface area (Å²) in [5, 5.41) is 11.8. The van der Waals surface area contributed by atoms with Gasteiger partial charge in [0.2, 0.25) is 5.91 Å². The van der Waals surface area contributed by atoms with Crippen LogP contribution in [0.25, 0.3) is 0 Å². The number of alkyl halides is 3. The molecular formula is C19H25F3N2O3. The van der Waals surface area contributed by atoms with Crippen molar-refractivity contribution in [2.24, 2.45) is 5.92 Å². The molecule has 0 aromatic heterocycles. The zero-order chi connectivity index (χ0) is 20.0. The first kappa shape index (κ1) is 21.1. The lowest BCUT2D eigenvalue weighted by atomic mass is 9.85. The van der Waals surface area contributed by atoms with Gasteiger partial charge in [-0.25, -0.2) is 4.79 Å². The van der Waals surface area contributed by atoms with Gasteiger partial charge in [0, 0.05) is 26.1 Å². The summed E-state index contributed by atoms with van der Waals surface area (Å²) in [6.45, 7) is 0.380. The second kappa shape index (κ2) is 9.10. The highest BCUT2D eigenvalue weighted by Gasteiger charge is 2.33. The zero-order valence-corrected chi connectivity index (χ0v) is 15.3. The minimum absolute atomic E-state index is 0.132. The third-order valence-corrected chi connectivity index (χ3v) is 5.10. The molecule has 5 nitrogen and oxygen atoms in total. The summed E-state index contributed by atoms with van der Waals surface area (Å²) >= 11 is 0. The summed E-state index contributed by atoms with van der Waals surface area (Å²) in [4.78, 5) is 24.3. The van der Waals surface area contributed by atoms with Crippen LogP contribution in [0.4, 0.5) is 18.0 Å². The van der Waals surface area contributed by atoms with E-state index in [4.69, 9.17) is 0 Å². The number of carbonyl (C=O) groups is 2. The fourth-order valence-electron chi connectivity index (χ4n) is 3.66. The molecule has 1 saturated heterocycles. The number of rotatable bonds is 6. The molecule has 2 rings (SSSR count). The minimum atomic E-state index is -4.34. The summed E-state index contributed by atoms with van der Waals surface area (Å²) in [6, 6.07) is 5.00. The third kappa shape index (κ3) is 6.15. The number of halogens is 3. The molecule has 150 valence electrons. The quantitative estimate of drug-likeness (QED) is 0.779. The van der Waals surface area contributed by atoms with Crippen LogP contribution in [0.1, 0.15) is 43.2 Å². The van der Waals surface area contributed by atoms with Gasteiger partial charge in [-0.3, -0.25) is 4.79 Å². The number of nitrogens with zero attached hydrogens (tertiary/aromatic N) is 1. The number of likely N-dealkylation sites (tertiary alicyclic amines) is 1. The molecule has 0 spiro atoms. The molecule has 27 heavy (non-hydrogen) atoms. The first-order valence-electron chi connectivity index (χ1n) is 9.07. The molecule has 0 radical (unpaired) electrons. The van der Waals surface area contributed by atoms with Gasteiger partial charge in [-0.05, 0) is 49.7 Å².